The van der Waals surface area contributed by atoms with E-state index in [4.69, 9.17) is 44.3 Å². The van der Waals surface area contributed by atoms with Crippen molar-refractivity contribution >= 4 is 46.7 Å². The van der Waals surface area contributed by atoms with E-state index in [2.05, 4.69) is 6.58 Å². The average Bonchev–Trinajstić information content (AvgIpc) is 2.42. The maximum Gasteiger partial charge on any atom is 0.311 e. The molecule has 0 aliphatic heterocycles. The molecule has 7 heteroatoms. The normalized spacial score (nSPS) is 10.3. The van der Waals surface area contributed by atoms with Gasteiger partial charge < -0.3 is 9.47 Å². The predicted octanol–water partition coefficient (Wildman–Crippen LogP) is 5.23. The minimum absolute atomic E-state index is 0.0465. The second-order valence-electron chi connectivity index (χ2n) is 4.95. The van der Waals surface area contributed by atoms with Gasteiger partial charge in [0.25, 0.3) is 0 Å². The maximum atomic E-state index is 11.8. The van der Waals surface area contributed by atoms with Gasteiger partial charge in [0, 0.05) is 24.3 Å². The highest BCUT2D eigenvalue weighted by Gasteiger charge is 2.14. The van der Waals surface area contributed by atoms with Crippen LogP contribution in [0.15, 0.2) is 24.3 Å². The summed E-state index contributed by atoms with van der Waals surface area (Å²) in [6.45, 7) is 5.87. The van der Waals surface area contributed by atoms with Gasteiger partial charge in [-0.2, -0.15) is 0 Å². The van der Waals surface area contributed by atoms with Crippen LogP contribution in [0.25, 0.3) is 0 Å². The van der Waals surface area contributed by atoms with E-state index < -0.39 is 5.97 Å². The van der Waals surface area contributed by atoms with Gasteiger partial charge in [-0.3, -0.25) is 9.59 Å². The van der Waals surface area contributed by atoms with Gasteiger partial charge in [0.15, 0.2) is 5.75 Å². The van der Waals surface area contributed by atoms with Gasteiger partial charge in [-0.25, -0.2) is 0 Å². The van der Waals surface area contributed by atoms with Gasteiger partial charge in [-0.15, -0.1) is 6.58 Å². The lowest BCUT2D eigenvalue weighted by Crippen LogP contribution is -2.11. The summed E-state index contributed by atoms with van der Waals surface area (Å²) in [6, 6.07) is 2.85. The Kier molecular flexibility index (Phi) is 8.45. The van der Waals surface area contributed by atoms with Crippen molar-refractivity contribution in [3.63, 3.8) is 0 Å². The monoisotopic (exact) mass is 378 g/mol. The third kappa shape index (κ3) is 7.73. The summed E-state index contributed by atoms with van der Waals surface area (Å²) in [5.41, 5.74) is 0.943. The number of esters is 2. The van der Waals surface area contributed by atoms with Crippen LogP contribution in [-0.2, 0) is 14.3 Å². The summed E-state index contributed by atoms with van der Waals surface area (Å²) in [5, 5.41) is 0.641. The molecule has 0 bridgehead atoms. The van der Waals surface area contributed by atoms with Crippen molar-refractivity contribution in [3.05, 3.63) is 39.4 Å². The summed E-state index contributed by atoms with van der Waals surface area (Å²) in [4.78, 5) is 23.2. The molecule has 0 aliphatic carbocycles. The Hall–Kier alpha value is -1.23. The third-order valence-electron chi connectivity index (χ3n) is 2.73. The first-order valence-corrected chi connectivity index (χ1v) is 8.08. The number of carbonyl (C=O) groups is 2. The van der Waals surface area contributed by atoms with E-state index in [0.29, 0.717) is 24.5 Å². The molecule has 0 N–H and O–H groups in total. The van der Waals surface area contributed by atoms with Crippen LogP contribution in [0.5, 0.6) is 5.75 Å². The second kappa shape index (κ2) is 9.81. The summed E-state index contributed by atoms with van der Waals surface area (Å²) in [6.07, 6.45) is 1.12. The molecule has 0 radical (unpaired) electrons. The van der Waals surface area contributed by atoms with Gasteiger partial charge in [0.2, 0.25) is 0 Å². The van der Waals surface area contributed by atoms with E-state index in [1.807, 2.05) is 6.92 Å². The molecule has 0 unspecified atom stereocenters. The Morgan fingerprint density at radius 1 is 1.04 bits per heavy atom. The average molecular weight is 380 g/mol. The largest absolute Gasteiger partial charge is 0.465 e. The Bertz CT molecular complexity index is 576. The van der Waals surface area contributed by atoms with Crippen molar-refractivity contribution < 1.29 is 19.1 Å². The minimum Gasteiger partial charge on any atom is -0.465 e. The molecule has 4 nitrogen and oxygen atoms in total. The fourth-order valence-corrected chi connectivity index (χ4v) is 2.47. The SMILES string of the molecule is C=C(C)CCOC(=O)CCCC(=O)Oc1c(Cl)cc(Cl)cc1Cl. The number of rotatable bonds is 8. The van der Waals surface area contributed by atoms with Crippen molar-refractivity contribution in [2.75, 3.05) is 6.61 Å². The zero-order chi connectivity index (χ0) is 17.4. The Morgan fingerprint density at radius 2 is 1.61 bits per heavy atom. The molecule has 1 aromatic rings. The fourth-order valence-electron chi connectivity index (χ4n) is 1.58. The standard InChI is InChI=1S/C16H17Cl3O4/c1-10(2)6-7-22-14(20)4-3-5-15(21)23-16-12(18)8-11(17)9-13(16)19/h8-9H,1,3-7H2,2H3. The molecule has 0 heterocycles. The molecule has 0 spiro atoms. The van der Waals surface area contributed by atoms with Crippen molar-refractivity contribution in [1.82, 2.24) is 0 Å². The van der Waals surface area contributed by atoms with Crippen LogP contribution in [0.2, 0.25) is 15.1 Å². The molecule has 23 heavy (non-hydrogen) atoms. The molecular weight excluding hydrogens is 363 g/mol. The molecule has 0 atom stereocenters. The molecule has 0 saturated carbocycles. The molecule has 126 valence electrons. The second-order valence-corrected chi connectivity index (χ2v) is 6.20. The van der Waals surface area contributed by atoms with E-state index in [1.54, 1.807) is 0 Å². The summed E-state index contributed by atoms with van der Waals surface area (Å²) >= 11 is 17.6. The van der Waals surface area contributed by atoms with Crippen LogP contribution in [0.4, 0.5) is 0 Å². The molecule has 0 fully saturated rings. The van der Waals surface area contributed by atoms with Crippen LogP contribution >= 0.6 is 34.8 Å². The quantitative estimate of drug-likeness (QED) is 0.352. The summed E-state index contributed by atoms with van der Waals surface area (Å²) < 4.78 is 10.1. The number of hydrogen-bond acceptors (Lipinski definition) is 4. The van der Waals surface area contributed by atoms with Crippen molar-refractivity contribution in [3.8, 4) is 5.75 Å². The van der Waals surface area contributed by atoms with Crippen LogP contribution in [0, 0.1) is 0 Å². The fraction of sp³-hybridized carbons (Fsp3) is 0.375. The van der Waals surface area contributed by atoms with Crippen LogP contribution in [-0.4, -0.2) is 18.5 Å². The van der Waals surface area contributed by atoms with E-state index in [-0.39, 0.29) is 34.6 Å². The van der Waals surface area contributed by atoms with Gasteiger partial charge in [0.1, 0.15) is 0 Å². The number of halogens is 3. The van der Waals surface area contributed by atoms with E-state index in [0.717, 1.165) is 5.57 Å². The summed E-state index contributed by atoms with van der Waals surface area (Å²) in [7, 11) is 0. The van der Waals surface area contributed by atoms with Crippen molar-refractivity contribution in [1.29, 1.82) is 0 Å². The predicted molar refractivity (Wildman–Crippen MR) is 91.3 cm³/mol. The lowest BCUT2D eigenvalue weighted by Gasteiger charge is -2.09. The van der Waals surface area contributed by atoms with Crippen molar-refractivity contribution in [2.45, 2.75) is 32.6 Å². The van der Waals surface area contributed by atoms with Crippen molar-refractivity contribution in [2.24, 2.45) is 0 Å². The molecule has 0 aliphatic rings. The molecule has 0 amide bonds. The summed E-state index contributed by atoms with van der Waals surface area (Å²) in [5.74, 6) is -0.834. The molecule has 0 saturated heterocycles. The van der Waals surface area contributed by atoms with Gasteiger partial charge in [-0.05, 0) is 25.5 Å². The van der Waals surface area contributed by atoms with Gasteiger partial charge in [0.05, 0.1) is 16.7 Å². The topological polar surface area (TPSA) is 52.6 Å². The molecular formula is C16H17Cl3O4. The first-order chi connectivity index (χ1) is 10.8. The number of benzene rings is 1. The molecule has 1 rings (SSSR count). The smallest absolute Gasteiger partial charge is 0.311 e. The van der Waals surface area contributed by atoms with Gasteiger partial charge >= 0.3 is 11.9 Å². The van der Waals surface area contributed by atoms with E-state index in [1.165, 1.54) is 12.1 Å². The number of ether oxygens (including phenoxy) is 2. The zero-order valence-electron chi connectivity index (χ0n) is 12.7. The maximum absolute atomic E-state index is 11.8. The highest BCUT2D eigenvalue weighted by Crippen LogP contribution is 2.36. The Balaban J connectivity index is 2.35. The lowest BCUT2D eigenvalue weighted by molar-refractivity contribution is -0.143. The number of carbonyl (C=O) groups excluding carboxylic acids is 2. The zero-order valence-corrected chi connectivity index (χ0v) is 14.9. The van der Waals surface area contributed by atoms with Crippen LogP contribution in [0.3, 0.4) is 0 Å². The van der Waals surface area contributed by atoms with Crippen LogP contribution in [0.1, 0.15) is 32.6 Å². The minimum atomic E-state index is -0.536. The van der Waals surface area contributed by atoms with Gasteiger partial charge in [-0.1, -0.05) is 40.4 Å². The van der Waals surface area contributed by atoms with E-state index >= 15 is 0 Å². The number of hydrogen-bond donors (Lipinski definition) is 0. The molecule has 0 aromatic heterocycles. The van der Waals surface area contributed by atoms with Crippen LogP contribution < -0.4 is 4.74 Å². The van der Waals surface area contributed by atoms with E-state index in [9.17, 15) is 9.59 Å². The Labute approximate surface area is 150 Å². The highest BCUT2D eigenvalue weighted by atomic mass is 35.5. The molecule has 1 aromatic carbocycles. The first-order valence-electron chi connectivity index (χ1n) is 6.95. The lowest BCUT2D eigenvalue weighted by atomic mass is 10.2. The third-order valence-corrected chi connectivity index (χ3v) is 3.51. The highest BCUT2D eigenvalue weighted by molar-refractivity contribution is 6.40. The Morgan fingerprint density at radius 3 is 2.17 bits per heavy atom. The first kappa shape index (κ1) is 19.8.